The first-order valence-corrected chi connectivity index (χ1v) is 5.60. The van der Waals surface area contributed by atoms with E-state index in [4.69, 9.17) is 15.2 Å². The largest absolute Gasteiger partial charge is 0.490 e. The van der Waals surface area contributed by atoms with E-state index in [1.54, 1.807) is 19.5 Å². The molecule has 0 bridgehead atoms. The van der Waals surface area contributed by atoms with Crippen molar-refractivity contribution < 1.29 is 9.47 Å². The molecule has 0 unspecified atom stereocenters. The van der Waals surface area contributed by atoms with E-state index in [9.17, 15) is 0 Å². The van der Waals surface area contributed by atoms with Gasteiger partial charge in [-0.2, -0.15) is 0 Å². The zero-order valence-electron chi connectivity index (χ0n) is 10.2. The van der Waals surface area contributed by atoms with Crippen molar-refractivity contribution in [2.24, 2.45) is 0 Å². The molecule has 0 aliphatic heterocycles. The van der Waals surface area contributed by atoms with Crippen LogP contribution in [0.3, 0.4) is 0 Å². The van der Waals surface area contributed by atoms with Gasteiger partial charge in [0, 0.05) is 25.1 Å². The first-order valence-electron chi connectivity index (χ1n) is 5.60. The number of nitrogens with zero attached hydrogens (tertiary/aromatic N) is 2. The standard InChI is InChI=1S/C13H15N3O2/c1-17-8-9-18-11-5-3-2-4-10(11)12-13(14)16-7-6-15-12/h2-7H,8-9H2,1H3,(H2,14,16). The highest BCUT2D eigenvalue weighted by Crippen LogP contribution is 2.30. The number of hydrogen-bond donors (Lipinski definition) is 1. The Morgan fingerprint density at radius 3 is 2.67 bits per heavy atom. The molecular weight excluding hydrogens is 230 g/mol. The molecule has 1 aromatic carbocycles. The molecule has 2 N–H and O–H groups in total. The molecule has 0 aliphatic carbocycles. The number of aromatic nitrogens is 2. The number of nitrogen functional groups attached to an aromatic ring is 1. The lowest BCUT2D eigenvalue weighted by atomic mass is 10.1. The molecule has 0 saturated carbocycles. The van der Waals surface area contributed by atoms with Crippen LogP contribution < -0.4 is 10.5 Å². The minimum atomic E-state index is 0.389. The number of nitrogens with two attached hydrogens (primary N) is 1. The summed E-state index contributed by atoms with van der Waals surface area (Å²) in [6, 6.07) is 7.59. The van der Waals surface area contributed by atoms with Crippen LogP contribution in [-0.4, -0.2) is 30.3 Å². The average molecular weight is 245 g/mol. The monoisotopic (exact) mass is 245 g/mol. The molecule has 18 heavy (non-hydrogen) atoms. The summed E-state index contributed by atoms with van der Waals surface area (Å²) in [5.74, 6) is 1.11. The number of para-hydroxylation sites is 1. The number of rotatable bonds is 5. The molecule has 0 fully saturated rings. The van der Waals surface area contributed by atoms with Crippen molar-refractivity contribution in [1.82, 2.24) is 9.97 Å². The number of hydrogen-bond acceptors (Lipinski definition) is 5. The van der Waals surface area contributed by atoms with Gasteiger partial charge in [0.15, 0.2) is 0 Å². The zero-order valence-corrected chi connectivity index (χ0v) is 10.2. The molecule has 5 nitrogen and oxygen atoms in total. The van der Waals surface area contributed by atoms with Gasteiger partial charge in [-0.1, -0.05) is 12.1 Å². The predicted octanol–water partition coefficient (Wildman–Crippen LogP) is 1.75. The van der Waals surface area contributed by atoms with Gasteiger partial charge in [0.2, 0.25) is 0 Å². The van der Waals surface area contributed by atoms with Crippen LogP contribution in [0.25, 0.3) is 11.3 Å². The second-order valence-corrected chi connectivity index (χ2v) is 3.63. The van der Waals surface area contributed by atoms with E-state index in [-0.39, 0.29) is 0 Å². The van der Waals surface area contributed by atoms with Gasteiger partial charge >= 0.3 is 0 Å². The summed E-state index contributed by atoms with van der Waals surface area (Å²) in [6.45, 7) is 1.01. The lowest BCUT2D eigenvalue weighted by Gasteiger charge is -2.11. The number of ether oxygens (including phenoxy) is 2. The molecule has 1 aromatic heterocycles. The fraction of sp³-hybridized carbons (Fsp3) is 0.231. The molecule has 0 saturated heterocycles. The van der Waals surface area contributed by atoms with Gasteiger partial charge in [-0.15, -0.1) is 0 Å². The lowest BCUT2D eigenvalue weighted by molar-refractivity contribution is 0.146. The van der Waals surface area contributed by atoms with Crippen LogP contribution in [0.4, 0.5) is 5.82 Å². The normalized spacial score (nSPS) is 10.3. The maximum Gasteiger partial charge on any atom is 0.150 e. The summed E-state index contributed by atoms with van der Waals surface area (Å²) in [6.07, 6.45) is 3.17. The Bertz CT molecular complexity index is 517. The van der Waals surface area contributed by atoms with Crippen molar-refractivity contribution in [3.05, 3.63) is 36.7 Å². The van der Waals surface area contributed by atoms with Gasteiger partial charge in [0.1, 0.15) is 23.9 Å². The van der Waals surface area contributed by atoms with Crippen molar-refractivity contribution in [3.8, 4) is 17.0 Å². The predicted molar refractivity (Wildman–Crippen MR) is 69.3 cm³/mol. The fourth-order valence-electron chi connectivity index (χ4n) is 1.58. The summed E-state index contributed by atoms with van der Waals surface area (Å²) in [4.78, 5) is 8.27. The lowest BCUT2D eigenvalue weighted by Crippen LogP contribution is -2.05. The fourth-order valence-corrected chi connectivity index (χ4v) is 1.58. The highest BCUT2D eigenvalue weighted by atomic mass is 16.5. The Balaban J connectivity index is 2.30. The van der Waals surface area contributed by atoms with Crippen LogP contribution in [0.15, 0.2) is 36.7 Å². The molecular formula is C13H15N3O2. The van der Waals surface area contributed by atoms with Crippen LogP contribution in [0.1, 0.15) is 0 Å². The van der Waals surface area contributed by atoms with Crippen LogP contribution in [0, 0.1) is 0 Å². The third-order valence-corrected chi connectivity index (χ3v) is 2.41. The molecule has 2 rings (SSSR count). The average Bonchev–Trinajstić information content (AvgIpc) is 2.40. The summed E-state index contributed by atoms with van der Waals surface area (Å²) >= 11 is 0. The summed E-state index contributed by atoms with van der Waals surface area (Å²) in [5.41, 5.74) is 7.29. The Morgan fingerprint density at radius 2 is 1.89 bits per heavy atom. The van der Waals surface area contributed by atoms with E-state index < -0.39 is 0 Å². The quantitative estimate of drug-likeness (QED) is 0.813. The molecule has 0 amide bonds. The Kier molecular flexibility index (Phi) is 4.09. The second kappa shape index (κ2) is 5.97. The number of methoxy groups -OCH3 is 1. The molecule has 0 radical (unpaired) electrons. The van der Waals surface area contributed by atoms with E-state index in [0.717, 1.165) is 11.3 Å². The highest BCUT2D eigenvalue weighted by Gasteiger charge is 2.10. The molecule has 0 aliphatic rings. The van der Waals surface area contributed by atoms with E-state index in [0.29, 0.717) is 24.7 Å². The molecule has 2 aromatic rings. The Hall–Kier alpha value is -2.14. The van der Waals surface area contributed by atoms with Gasteiger partial charge in [-0.3, -0.25) is 4.98 Å². The van der Waals surface area contributed by atoms with Gasteiger partial charge in [-0.25, -0.2) is 4.98 Å². The van der Waals surface area contributed by atoms with Crippen molar-refractivity contribution in [2.45, 2.75) is 0 Å². The number of anilines is 1. The third kappa shape index (κ3) is 2.75. The van der Waals surface area contributed by atoms with Crippen molar-refractivity contribution in [1.29, 1.82) is 0 Å². The first kappa shape index (κ1) is 12.3. The maximum atomic E-state index is 5.82. The minimum Gasteiger partial charge on any atom is -0.490 e. The van der Waals surface area contributed by atoms with Crippen LogP contribution >= 0.6 is 0 Å². The zero-order chi connectivity index (χ0) is 12.8. The van der Waals surface area contributed by atoms with Gasteiger partial charge in [0.05, 0.1) is 6.61 Å². The van der Waals surface area contributed by atoms with Crippen molar-refractivity contribution in [3.63, 3.8) is 0 Å². The maximum absolute atomic E-state index is 5.82. The van der Waals surface area contributed by atoms with Crippen molar-refractivity contribution in [2.75, 3.05) is 26.1 Å². The molecule has 5 heteroatoms. The summed E-state index contributed by atoms with van der Waals surface area (Å²) in [7, 11) is 1.63. The van der Waals surface area contributed by atoms with Gasteiger partial charge in [0.25, 0.3) is 0 Å². The van der Waals surface area contributed by atoms with Crippen LogP contribution in [-0.2, 0) is 4.74 Å². The summed E-state index contributed by atoms with van der Waals surface area (Å²) in [5, 5.41) is 0. The molecule has 94 valence electrons. The third-order valence-electron chi connectivity index (χ3n) is 2.41. The number of benzene rings is 1. The topological polar surface area (TPSA) is 70.3 Å². The smallest absolute Gasteiger partial charge is 0.150 e. The second-order valence-electron chi connectivity index (χ2n) is 3.63. The Labute approximate surface area is 106 Å². The Morgan fingerprint density at radius 1 is 1.11 bits per heavy atom. The van der Waals surface area contributed by atoms with E-state index in [2.05, 4.69) is 9.97 Å². The highest BCUT2D eigenvalue weighted by molar-refractivity contribution is 5.74. The van der Waals surface area contributed by atoms with E-state index >= 15 is 0 Å². The molecule has 1 heterocycles. The minimum absolute atomic E-state index is 0.389. The van der Waals surface area contributed by atoms with Gasteiger partial charge < -0.3 is 15.2 Å². The van der Waals surface area contributed by atoms with E-state index in [1.807, 2.05) is 24.3 Å². The first-order chi connectivity index (χ1) is 8.83. The van der Waals surface area contributed by atoms with Gasteiger partial charge in [-0.05, 0) is 12.1 Å². The van der Waals surface area contributed by atoms with Crippen LogP contribution in [0.2, 0.25) is 0 Å². The molecule has 0 atom stereocenters. The van der Waals surface area contributed by atoms with Crippen LogP contribution in [0.5, 0.6) is 5.75 Å². The molecule has 0 spiro atoms. The summed E-state index contributed by atoms with van der Waals surface area (Å²) < 4.78 is 10.6. The van der Waals surface area contributed by atoms with E-state index in [1.165, 1.54) is 0 Å². The van der Waals surface area contributed by atoms with Crippen molar-refractivity contribution >= 4 is 5.82 Å². The SMILES string of the molecule is COCCOc1ccccc1-c1nccnc1N.